The highest BCUT2D eigenvalue weighted by atomic mass is 16.5. The lowest BCUT2D eigenvalue weighted by molar-refractivity contribution is -0.138. The van der Waals surface area contributed by atoms with Gasteiger partial charge in [-0.25, -0.2) is 4.79 Å². The fraction of sp³-hybridized carbons (Fsp3) is 0.632. The van der Waals surface area contributed by atoms with E-state index in [1.807, 2.05) is 6.92 Å². The third-order valence-corrected chi connectivity index (χ3v) is 5.81. The summed E-state index contributed by atoms with van der Waals surface area (Å²) in [6, 6.07) is 0. The van der Waals surface area contributed by atoms with E-state index in [0.717, 1.165) is 24.8 Å². The largest absolute Gasteiger partial charge is 0.463 e. The Bertz CT molecular complexity index is 552. The zero-order chi connectivity index (χ0) is 15.1. The van der Waals surface area contributed by atoms with Gasteiger partial charge in [0.2, 0.25) is 0 Å². The van der Waals surface area contributed by atoms with Gasteiger partial charge in [-0.2, -0.15) is 0 Å². The Morgan fingerprint density at radius 2 is 2.10 bits per heavy atom. The second-order valence-electron chi connectivity index (χ2n) is 7.21. The van der Waals surface area contributed by atoms with Crippen LogP contribution >= 0.6 is 0 Å². The first-order valence-electron chi connectivity index (χ1n) is 8.25. The fourth-order valence-corrected chi connectivity index (χ4v) is 4.24. The maximum atomic E-state index is 12.3. The molecule has 2 heteroatoms. The van der Waals surface area contributed by atoms with Gasteiger partial charge in [-0.15, -0.1) is 0 Å². The highest BCUT2D eigenvalue weighted by Crippen LogP contribution is 2.55. The van der Waals surface area contributed by atoms with Gasteiger partial charge in [-0.1, -0.05) is 37.6 Å². The molecule has 0 radical (unpaired) electrons. The molecule has 0 saturated heterocycles. The van der Waals surface area contributed by atoms with Crippen LogP contribution in [0.15, 0.2) is 34.9 Å². The Kier molecular flexibility index (Phi) is 3.59. The van der Waals surface area contributed by atoms with Crippen molar-refractivity contribution >= 4 is 5.97 Å². The van der Waals surface area contributed by atoms with Crippen LogP contribution in [0.25, 0.3) is 0 Å². The van der Waals surface area contributed by atoms with Crippen molar-refractivity contribution in [2.45, 2.75) is 59.3 Å². The Morgan fingerprint density at radius 3 is 2.86 bits per heavy atom. The molecular weight excluding hydrogens is 260 g/mol. The van der Waals surface area contributed by atoms with E-state index >= 15 is 0 Å². The van der Waals surface area contributed by atoms with Gasteiger partial charge in [-0.05, 0) is 56.4 Å². The molecule has 1 saturated carbocycles. The lowest BCUT2D eigenvalue weighted by atomic mass is 9.72. The quantitative estimate of drug-likeness (QED) is 0.542. The molecule has 0 N–H and O–H groups in total. The average molecular weight is 286 g/mol. The molecule has 0 heterocycles. The second kappa shape index (κ2) is 5.15. The molecule has 0 aromatic heterocycles. The molecule has 2 atom stereocenters. The van der Waals surface area contributed by atoms with Crippen LogP contribution in [0.5, 0.6) is 0 Å². The molecule has 3 aliphatic carbocycles. The smallest absolute Gasteiger partial charge is 0.334 e. The van der Waals surface area contributed by atoms with E-state index in [1.165, 1.54) is 24.8 Å². The number of hydrogen-bond acceptors (Lipinski definition) is 2. The zero-order valence-electron chi connectivity index (χ0n) is 13.5. The minimum absolute atomic E-state index is 0.0362. The van der Waals surface area contributed by atoms with Crippen LogP contribution in [0.4, 0.5) is 0 Å². The molecule has 3 rings (SSSR count). The number of carbonyl (C=O) groups excluding carboxylic acids is 1. The molecule has 0 aliphatic heterocycles. The molecule has 114 valence electrons. The average Bonchev–Trinajstić information content (AvgIpc) is 2.76. The highest BCUT2D eigenvalue weighted by molar-refractivity contribution is 5.90. The number of carbonyl (C=O) groups is 1. The molecule has 0 bridgehead atoms. The third-order valence-electron chi connectivity index (χ3n) is 5.81. The molecule has 0 spiro atoms. The first-order valence-corrected chi connectivity index (χ1v) is 8.25. The first-order chi connectivity index (χ1) is 9.98. The fourth-order valence-electron chi connectivity index (χ4n) is 4.24. The normalized spacial score (nSPS) is 34.9. The summed E-state index contributed by atoms with van der Waals surface area (Å²) in [7, 11) is 0. The van der Waals surface area contributed by atoms with Gasteiger partial charge in [0.1, 0.15) is 0 Å². The predicted octanol–water partition coefficient (Wildman–Crippen LogP) is 4.72. The van der Waals surface area contributed by atoms with Crippen LogP contribution in [0.3, 0.4) is 0 Å². The predicted molar refractivity (Wildman–Crippen MR) is 84.8 cm³/mol. The van der Waals surface area contributed by atoms with E-state index in [9.17, 15) is 4.79 Å². The Labute approximate surface area is 127 Å². The molecule has 0 amide bonds. The van der Waals surface area contributed by atoms with Gasteiger partial charge in [0.05, 0.1) is 6.61 Å². The standard InChI is InChI=1S/C19H26O2/c1-4-21-17(20)15-8-6-10-19(3)12-11-18(2)9-5-7-14(18)13-16(15)19/h6-7,10H,4-5,8-9,11-13H2,1-3H3/t18-,19?/m0/s1. The van der Waals surface area contributed by atoms with Gasteiger partial charge in [-0.3, -0.25) is 0 Å². The van der Waals surface area contributed by atoms with Crippen LogP contribution in [0.2, 0.25) is 0 Å². The molecule has 2 nitrogen and oxygen atoms in total. The van der Waals surface area contributed by atoms with Crippen molar-refractivity contribution in [3.63, 3.8) is 0 Å². The molecule has 1 fully saturated rings. The lowest BCUT2D eigenvalue weighted by Gasteiger charge is -2.32. The van der Waals surface area contributed by atoms with Crippen LogP contribution in [-0.4, -0.2) is 12.6 Å². The Morgan fingerprint density at radius 1 is 1.29 bits per heavy atom. The number of ether oxygens (including phenoxy) is 1. The molecule has 0 aromatic rings. The Balaban J connectivity index is 2.03. The van der Waals surface area contributed by atoms with E-state index in [4.69, 9.17) is 4.74 Å². The van der Waals surface area contributed by atoms with E-state index in [-0.39, 0.29) is 11.4 Å². The van der Waals surface area contributed by atoms with Gasteiger partial charge >= 0.3 is 5.97 Å². The van der Waals surface area contributed by atoms with Crippen molar-refractivity contribution in [3.8, 4) is 0 Å². The molecule has 1 unspecified atom stereocenters. The monoisotopic (exact) mass is 286 g/mol. The molecular formula is C19H26O2. The van der Waals surface area contributed by atoms with Crippen molar-refractivity contribution < 1.29 is 9.53 Å². The summed E-state index contributed by atoms with van der Waals surface area (Å²) >= 11 is 0. The SMILES string of the molecule is CCOC(=O)C1=C2CC3=CCC[C@@]3(C)CCC2(C)C=CC1. The van der Waals surface area contributed by atoms with Gasteiger partial charge in [0, 0.05) is 11.0 Å². The van der Waals surface area contributed by atoms with Gasteiger partial charge in [0.15, 0.2) is 0 Å². The van der Waals surface area contributed by atoms with E-state index in [1.54, 1.807) is 5.57 Å². The summed E-state index contributed by atoms with van der Waals surface area (Å²) in [4.78, 5) is 12.3. The molecule has 3 aliphatic rings. The minimum Gasteiger partial charge on any atom is -0.463 e. The maximum Gasteiger partial charge on any atom is 0.334 e. The van der Waals surface area contributed by atoms with Crippen LogP contribution in [-0.2, 0) is 9.53 Å². The highest BCUT2D eigenvalue weighted by Gasteiger charge is 2.43. The second-order valence-corrected chi connectivity index (χ2v) is 7.21. The lowest BCUT2D eigenvalue weighted by Crippen LogP contribution is -2.24. The minimum atomic E-state index is -0.106. The number of fused-ring (bicyclic) bond motifs is 2. The van der Waals surface area contributed by atoms with E-state index in [2.05, 4.69) is 32.1 Å². The van der Waals surface area contributed by atoms with Crippen molar-refractivity contribution in [3.05, 3.63) is 34.9 Å². The number of hydrogen-bond donors (Lipinski definition) is 0. The zero-order valence-corrected chi connectivity index (χ0v) is 13.5. The molecule has 0 aromatic carbocycles. The summed E-state index contributed by atoms with van der Waals surface area (Å²) in [6.45, 7) is 7.03. The van der Waals surface area contributed by atoms with Crippen molar-refractivity contribution in [2.24, 2.45) is 10.8 Å². The summed E-state index contributed by atoms with van der Waals surface area (Å²) in [5.41, 5.74) is 4.17. The molecule has 21 heavy (non-hydrogen) atoms. The Hall–Kier alpha value is -1.31. The summed E-state index contributed by atoms with van der Waals surface area (Å²) in [6.07, 6.45) is 13.4. The van der Waals surface area contributed by atoms with Crippen molar-refractivity contribution in [2.75, 3.05) is 6.61 Å². The topological polar surface area (TPSA) is 26.3 Å². The van der Waals surface area contributed by atoms with E-state index in [0.29, 0.717) is 12.0 Å². The van der Waals surface area contributed by atoms with E-state index < -0.39 is 0 Å². The number of rotatable bonds is 2. The van der Waals surface area contributed by atoms with Crippen molar-refractivity contribution in [1.29, 1.82) is 0 Å². The number of allylic oxidation sites excluding steroid dienone is 5. The third kappa shape index (κ3) is 2.39. The van der Waals surface area contributed by atoms with Crippen LogP contribution in [0.1, 0.15) is 59.3 Å². The van der Waals surface area contributed by atoms with Crippen LogP contribution < -0.4 is 0 Å². The number of esters is 1. The summed E-state index contributed by atoms with van der Waals surface area (Å²) in [5, 5.41) is 0. The maximum absolute atomic E-state index is 12.3. The summed E-state index contributed by atoms with van der Waals surface area (Å²) < 4.78 is 5.30. The van der Waals surface area contributed by atoms with Gasteiger partial charge < -0.3 is 4.74 Å². The van der Waals surface area contributed by atoms with Crippen molar-refractivity contribution in [1.82, 2.24) is 0 Å². The van der Waals surface area contributed by atoms with Crippen LogP contribution in [0, 0.1) is 10.8 Å². The van der Waals surface area contributed by atoms with Gasteiger partial charge in [0.25, 0.3) is 0 Å². The first kappa shape index (κ1) is 14.6. The summed E-state index contributed by atoms with van der Waals surface area (Å²) in [5.74, 6) is -0.106.